The largest absolute Gasteiger partial charge is 0.490 e. The molecule has 6 heterocycles. The summed E-state index contributed by atoms with van der Waals surface area (Å²) in [4.78, 5) is 25.0. The van der Waals surface area contributed by atoms with Crippen LogP contribution in [-0.4, -0.2) is 133 Å². The smallest absolute Gasteiger partial charge is 0.277 e. The number of hydrogen-bond acceptors (Lipinski definition) is 14. The zero-order valence-corrected chi connectivity index (χ0v) is 37.2. The van der Waals surface area contributed by atoms with Crippen LogP contribution in [0.3, 0.4) is 0 Å². The summed E-state index contributed by atoms with van der Waals surface area (Å²) < 4.78 is 43.7. The van der Waals surface area contributed by atoms with Gasteiger partial charge in [0.1, 0.15) is 24.3 Å². The Kier molecular flexibility index (Phi) is 13.3. The molecular weight excluding hydrogens is 836 g/mol. The predicted octanol–water partition coefficient (Wildman–Crippen LogP) is 3.87. The van der Waals surface area contributed by atoms with E-state index in [1.54, 1.807) is 28.0 Å². The first-order chi connectivity index (χ1) is 29.9. The fraction of sp³-hybridized carbons (Fsp3) is 0.659. The van der Waals surface area contributed by atoms with Gasteiger partial charge < -0.3 is 19.7 Å². The number of nitriles is 1. The van der Waals surface area contributed by atoms with Crippen LogP contribution >= 0.6 is 23.4 Å². The number of rotatable bonds is 9. The lowest BCUT2D eigenvalue weighted by atomic mass is 9.84. The van der Waals surface area contributed by atoms with Gasteiger partial charge in [-0.05, 0) is 68.4 Å². The van der Waals surface area contributed by atoms with Gasteiger partial charge in [0.15, 0.2) is 0 Å². The van der Waals surface area contributed by atoms with E-state index in [9.17, 15) is 4.79 Å². The Labute approximate surface area is 372 Å². The van der Waals surface area contributed by atoms with Crippen LogP contribution in [-0.2, 0) is 9.53 Å². The molecule has 5 saturated heterocycles. The first-order valence-electron chi connectivity index (χ1n) is 22.4. The Hall–Kier alpha value is -3.15. The summed E-state index contributed by atoms with van der Waals surface area (Å²) in [5, 5.41) is 23.6. The number of alkyl halides is 2. The van der Waals surface area contributed by atoms with Crippen molar-refractivity contribution in [1.82, 2.24) is 41.9 Å². The number of aliphatic imine (C=N–C) groups is 1. The number of hydrazine groups is 1. The third-order valence-corrected chi connectivity index (χ3v) is 16.0. The molecule has 2 aromatic carbocycles. The number of thioether (sulfide) groups is 1. The third kappa shape index (κ3) is 9.47. The number of halogens is 3. The number of fused-ring (bicyclic) bond motifs is 3. The van der Waals surface area contributed by atoms with E-state index in [2.05, 4.69) is 76.0 Å². The Morgan fingerprint density at radius 1 is 1.05 bits per heavy atom. The molecule has 18 heteroatoms. The number of anilines is 1. The van der Waals surface area contributed by atoms with Crippen LogP contribution < -0.4 is 41.8 Å². The minimum atomic E-state index is -2.96. The molecule has 9 rings (SSSR count). The van der Waals surface area contributed by atoms with Gasteiger partial charge in [0.25, 0.3) is 5.92 Å². The zero-order valence-electron chi connectivity index (χ0n) is 35.7. The average molecular weight is 897 g/mol. The van der Waals surface area contributed by atoms with Crippen molar-refractivity contribution in [3.05, 3.63) is 58.6 Å². The molecule has 8 atom stereocenters. The van der Waals surface area contributed by atoms with Gasteiger partial charge in [-0.2, -0.15) is 5.26 Å². The molecule has 336 valence electrons. The predicted molar refractivity (Wildman–Crippen MR) is 237 cm³/mol. The summed E-state index contributed by atoms with van der Waals surface area (Å²) in [6, 6.07) is 15.3. The normalized spacial score (nSPS) is 36.5. The molecule has 0 bridgehead atoms. The van der Waals surface area contributed by atoms with Crippen molar-refractivity contribution < 1.29 is 23.0 Å². The standard InChI is InChI=1S/C44H60ClF2N11O3S/c1-25-26(2)62-42-38(25)39(53-36(19-37-49-14-17-60-37)40-55-54-27(3)58(40)42)28-4-9-32(10-5-28)56-15-16-57(24-44(46,47)23-56)43-50-21-30(22-51-43)41(59)52-31-7-12-33(13-8-31)61-34-11-6-29(20-48)35(45)18-34/h4-6,9-11,18,25-27,30-31,33,36-38,40,42-43,49-51,54-55H,7-8,12-17,19,21-24H2,1-3H3,(H,52,59). The summed E-state index contributed by atoms with van der Waals surface area (Å²) in [5.41, 5.74) is 10.4. The van der Waals surface area contributed by atoms with Crippen LogP contribution in [0.1, 0.15) is 64.0 Å². The monoisotopic (exact) mass is 895 g/mol. The number of benzene rings is 2. The van der Waals surface area contributed by atoms with Crippen molar-refractivity contribution in [2.75, 3.05) is 57.3 Å². The van der Waals surface area contributed by atoms with E-state index in [0.29, 0.717) is 60.3 Å². The minimum absolute atomic E-state index is 0.00707. The molecule has 8 unspecified atom stereocenters. The molecule has 7 aliphatic rings. The van der Waals surface area contributed by atoms with E-state index in [1.807, 2.05) is 23.9 Å². The molecule has 0 radical (unpaired) electrons. The average Bonchev–Trinajstić information content (AvgIpc) is 3.94. The van der Waals surface area contributed by atoms with Crippen LogP contribution in [0, 0.1) is 29.1 Å². The maximum atomic E-state index is 15.8. The molecule has 2 aromatic rings. The Morgan fingerprint density at radius 3 is 2.53 bits per heavy atom. The number of amides is 1. The molecular formula is C44H60ClF2N11O3S. The van der Waals surface area contributed by atoms with Crippen molar-refractivity contribution in [2.24, 2.45) is 22.7 Å². The Balaban J connectivity index is 0.798. The highest BCUT2D eigenvalue weighted by molar-refractivity contribution is 8.00. The van der Waals surface area contributed by atoms with Gasteiger partial charge in [-0.25, -0.2) is 19.6 Å². The van der Waals surface area contributed by atoms with Gasteiger partial charge in [-0.15, -0.1) is 11.8 Å². The van der Waals surface area contributed by atoms with Gasteiger partial charge in [0, 0.05) is 73.8 Å². The summed E-state index contributed by atoms with van der Waals surface area (Å²) in [5.74, 6) is -2.08. The molecule has 62 heavy (non-hydrogen) atoms. The fourth-order valence-electron chi connectivity index (χ4n) is 10.4. The molecule has 0 aromatic heterocycles. The molecule has 6 aliphatic heterocycles. The first kappa shape index (κ1) is 44.1. The topological polar surface area (TPSA) is 154 Å². The van der Waals surface area contributed by atoms with Crippen molar-refractivity contribution in [3.8, 4) is 11.8 Å². The van der Waals surface area contributed by atoms with Crippen LogP contribution in [0.5, 0.6) is 5.75 Å². The number of carbonyl (C=O) groups excluding carboxylic acids is 1. The molecule has 6 fully saturated rings. The van der Waals surface area contributed by atoms with E-state index < -0.39 is 18.8 Å². The van der Waals surface area contributed by atoms with E-state index in [0.717, 1.165) is 55.6 Å². The van der Waals surface area contributed by atoms with Crippen molar-refractivity contribution in [2.45, 2.75) is 112 Å². The second-order valence-electron chi connectivity index (χ2n) is 18.2. The summed E-state index contributed by atoms with van der Waals surface area (Å²) >= 11 is 8.20. The highest BCUT2D eigenvalue weighted by atomic mass is 35.5. The summed E-state index contributed by atoms with van der Waals surface area (Å²) in [6.07, 6.45) is 3.54. The Bertz CT molecular complexity index is 1980. The SMILES string of the molecule is CC1SC2C(C(c3ccc(N4CCN(C5NCC(C(=O)NC6CCC(Oc7ccc(C#N)c(Cl)c7)CC6)CN5)CC(F)(F)C4)cc3)=NC(CC3NCCO3)C3NNC(C)N32)C1C. The molecule has 1 amide bonds. The lowest BCUT2D eigenvalue weighted by Gasteiger charge is -2.38. The number of carbonyl (C=O) groups is 1. The maximum absolute atomic E-state index is 15.8. The highest BCUT2D eigenvalue weighted by Gasteiger charge is 2.53. The van der Waals surface area contributed by atoms with E-state index in [4.69, 9.17) is 31.3 Å². The van der Waals surface area contributed by atoms with Gasteiger partial charge >= 0.3 is 0 Å². The molecule has 6 N–H and O–H groups in total. The van der Waals surface area contributed by atoms with Crippen molar-refractivity contribution in [1.29, 1.82) is 5.26 Å². The molecule has 1 saturated carbocycles. The summed E-state index contributed by atoms with van der Waals surface area (Å²) in [7, 11) is 0. The van der Waals surface area contributed by atoms with Gasteiger partial charge in [-0.1, -0.05) is 37.6 Å². The lowest BCUT2D eigenvalue weighted by molar-refractivity contribution is -0.127. The minimum Gasteiger partial charge on any atom is -0.490 e. The van der Waals surface area contributed by atoms with E-state index in [-0.39, 0.29) is 66.4 Å². The lowest BCUT2D eigenvalue weighted by Crippen LogP contribution is -2.64. The number of nitrogens with one attached hydrogen (secondary N) is 6. The number of nitrogens with zero attached hydrogens (tertiary/aromatic N) is 5. The zero-order chi connectivity index (χ0) is 43.1. The second-order valence-corrected chi connectivity index (χ2v) is 20.1. The van der Waals surface area contributed by atoms with Gasteiger partial charge in [0.2, 0.25) is 5.91 Å². The molecule has 0 spiro atoms. The molecule has 14 nitrogen and oxygen atoms in total. The molecule has 1 aliphatic carbocycles. The first-order valence-corrected chi connectivity index (χ1v) is 23.7. The highest BCUT2D eigenvalue weighted by Crippen LogP contribution is 2.49. The van der Waals surface area contributed by atoms with Crippen LogP contribution in [0.4, 0.5) is 14.5 Å². The van der Waals surface area contributed by atoms with Crippen LogP contribution in [0.2, 0.25) is 5.02 Å². The van der Waals surface area contributed by atoms with Gasteiger partial charge in [0.05, 0.1) is 66.1 Å². The number of hydrogen-bond donors (Lipinski definition) is 6. The summed E-state index contributed by atoms with van der Waals surface area (Å²) in [6.45, 7) is 9.27. The van der Waals surface area contributed by atoms with Crippen LogP contribution in [0.15, 0.2) is 47.5 Å². The maximum Gasteiger partial charge on any atom is 0.277 e. The Morgan fingerprint density at radius 2 is 1.82 bits per heavy atom. The fourth-order valence-corrected chi connectivity index (χ4v) is 12.5. The third-order valence-electron chi connectivity index (χ3n) is 14.0. The quantitative estimate of drug-likeness (QED) is 0.216. The van der Waals surface area contributed by atoms with Crippen molar-refractivity contribution in [3.63, 3.8) is 0 Å². The van der Waals surface area contributed by atoms with Gasteiger partial charge in [-0.3, -0.25) is 35.5 Å². The van der Waals surface area contributed by atoms with E-state index >= 15 is 8.78 Å². The van der Waals surface area contributed by atoms with E-state index in [1.165, 1.54) is 0 Å². The van der Waals surface area contributed by atoms with Crippen molar-refractivity contribution >= 4 is 40.7 Å². The number of ether oxygens (including phenoxy) is 2. The van der Waals surface area contributed by atoms with Crippen LogP contribution in [0.25, 0.3) is 0 Å². The second kappa shape index (κ2) is 18.8.